The van der Waals surface area contributed by atoms with E-state index >= 15 is 0 Å². The second-order valence-corrected chi connectivity index (χ2v) is 6.79. The molecular formula is C18H26N2O4. The van der Waals surface area contributed by atoms with Crippen LogP contribution >= 0.6 is 0 Å². The summed E-state index contributed by atoms with van der Waals surface area (Å²) in [6, 6.07) is 9.83. The van der Waals surface area contributed by atoms with Crippen molar-refractivity contribution >= 4 is 12.0 Å². The zero-order valence-corrected chi connectivity index (χ0v) is 14.2. The summed E-state index contributed by atoms with van der Waals surface area (Å²) in [4.78, 5) is 22.3. The number of nitrogens with one attached hydrogen (secondary N) is 2. The Bertz CT molecular complexity index is 559. The standard InChI is InChI=1S/C18H26N2O4/c1-18(2)14(20-17(23)19-10-6-9-16(21)22)11-15(18)24-12-13-7-4-3-5-8-13/h3-5,7-8,14-15H,6,9-12H2,1-2H3,(H,21,22)(H2,19,20,23). The van der Waals surface area contributed by atoms with Gasteiger partial charge in [0.25, 0.3) is 0 Å². The van der Waals surface area contributed by atoms with E-state index in [4.69, 9.17) is 9.84 Å². The molecule has 6 heteroatoms. The zero-order valence-electron chi connectivity index (χ0n) is 14.2. The molecule has 2 atom stereocenters. The summed E-state index contributed by atoms with van der Waals surface area (Å²) >= 11 is 0. The van der Waals surface area contributed by atoms with Crippen LogP contribution in [-0.2, 0) is 16.1 Å². The van der Waals surface area contributed by atoms with Crippen LogP contribution in [0.1, 0.15) is 38.7 Å². The highest BCUT2D eigenvalue weighted by atomic mass is 16.5. The van der Waals surface area contributed by atoms with Crippen LogP contribution in [0.2, 0.25) is 0 Å². The van der Waals surface area contributed by atoms with E-state index in [0.717, 1.165) is 12.0 Å². The first kappa shape index (κ1) is 18.3. The van der Waals surface area contributed by atoms with Crippen LogP contribution in [0.5, 0.6) is 0 Å². The van der Waals surface area contributed by atoms with E-state index < -0.39 is 5.97 Å². The number of hydrogen-bond donors (Lipinski definition) is 3. The van der Waals surface area contributed by atoms with Crippen molar-refractivity contribution in [2.24, 2.45) is 5.41 Å². The lowest BCUT2D eigenvalue weighted by Gasteiger charge is -2.51. The normalized spacial score (nSPS) is 21.6. The van der Waals surface area contributed by atoms with Gasteiger partial charge in [0.2, 0.25) is 0 Å². The van der Waals surface area contributed by atoms with Gasteiger partial charge < -0.3 is 20.5 Å². The minimum Gasteiger partial charge on any atom is -0.481 e. The molecule has 1 saturated carbocycles. The van der Waals surface area contributed by atoms with Crippen molar-refractivity contribution in [1.29, 1.82) is 0 Å². The Labute approximate surface area is 142 Å². The number of urea groups is 1. The average molecular weight is 334 g/mol. The van der Waals surface area contributed by atoms with E-state index in [1.165, 1.54) is 0 Å². The molecule has 0 spiro atoms. The van der Waals surface area contributed by atoms with Gasteiger partial charge in [-0.2, -0.15) is 0 Å². The number of aliphatic carboxylic acids is 1. The maximum Gasteiger partial charge on any atom is 0.315 e. The van der Waals surface area contributed by atoms with Gasteiger partial charge in [-0.05, 0) is 18.4 Å². The summed E-state index contributed by atoms with van der Waals surface area (Å²) in [5.74, 6) is -0.851. The molecule has 2 unspecified atom stereocenters. The fraction of sp³-hybridized carbons (Fsp3) is 0.556. The van der Waals surface area contributed by atoms with Crippen molar-refractivity contribution in [3.05, 3.63) is 35.9 Å². The molecule has 1 aromatic rings. The van der Waals surface area contributed by atoms with Gasteiger partial charge in [0, 0.05) is 24.4 Å². The van der Waals surface area contributed by atoms with Crippen LogP contribution in [0, 0.1) is 5.41 Å². The number of ether oxygens (including phenoxy) is 1. The van der Waals surface area contributed by atoms with Crippen LogP contribution in [-0.4, -0.2) is 35.8 Å². The third-order valence-electron chi connectivity index (χ3n) is 4.63. The number of carbonyl (C=O) groups excluding carboxylic acids is 1. The van der Waals surface area contributed by atoms with Gasteiger partial charge in [-0.25, -0.2) is 4.79 Å². The molecule has 2 rings (SSSR count). The third kappa shape index (κ3) is 4.96. The predicted molar refractivity (Wildman–Crippen MR) is 90.6 cm³/mol. The number of hydrogen-bond acceptors (Lipinski definition) is 3. The van der Waals surface area contributed by atoms with Crippen molar-refractivity contribution in [3.63, 3.8) is 0 Å². The van der Waals surface area contributed by atoms with Gasteiger partial charge in [-0.1, -0.05) is 44.2 Å². The average Bonchev–Trinajstić information content (AvgIpc) is 2.55. The molecule has 3 N–H and O–H groups in total. The molecule has 1 aliphatic rings. The lowest BCUT2D eigenvalue weighted by Crippen LogP contribution is -2.63. The van der Waals surface area contributed by atoms with Crippen LogP contribution in [0.15, 0.2) is 30.3 Å². The molecule has 0 aromatic heterocycles. The van der Waals surface area contributed by atoms with Crippen LogP contribution in [0.3, 0.4) is 0 Å². The summed E-state index contributed by atoms with van der Waals surface area (Å²) in [5.41, 5.74) is 1.01. The second-order valence-electron chi connectivity index (χ2n) is 6.79. The smallest absolute Gasteiger partial charge is 0.315 e. The number of rotatable bonds is 8. The first-order valence-corrected chi connectivity index (χ1v) is 8.31. The first-order chi connectivity index (χ1) is 11.4. The minimum absolute atomic E-state index is 0.0535. The van der Waals surface area contributed by atoms with Crippen LogP contribution in [0.25, 0.3) is 0 Å². The third-order valence-corrected chi connectivity index (χ3v) is 4.63. The first-order valence-electron chi connectivity index (χ1n) is 8.31. The Kier molecular flexibility index (Phi) is 6.20. The lowest BCUT2D eigenvalue weighted by molar-refractivity contribution is -0.137. The molecule has 6 nitrogen and oxygen atoms in total. The zero-order chi connectivity index (χ0) is 17.6. The molecule has 0 bridgehead atoms. The summed E-state index contributed by atoms with van der Waals surface area (Å²) in [7, 11) is 0. The Morgan fingerprint density at radius 2 is 2.00 bits per heavy atom. The highest BCUT2D eigenvalue weighted by Gasteiger charge is 2.49. The molecule has 132 valence electrons. The molecular weight excluding hydrogens is 308 g/mol. The summed E-state index contributed by atoms with van der Waals surface area (Å²) < 4.78 is 5.98. The molecule has 2 amide bonds. The van der Waals surface area contributed by atoms with Crippen molar-refractivity contribution < 1.29 is 19.4 Å². The quantitative estimate of drug-likeness (QED) is 0.638. The van der Waals surface area contributed by atoms with Gasteiger partial charge in [0.1, 0.15) is 0 Å². The summed E-state index contributed by atoms with van der Waals surface area (Å²) in [5, 5.41) is 14.2. The molecule has 24 heavy (non-hydrogen) atoms. The molecule has 0 aliphatic heterocycles. The minimum atomic E-state index is -0.851. The Hall–Kier alpha value is -2.08. The SMILES string of the molecule is CC1(C)C(NC(=O)NCCCC(=O)O)CC1OCc1ccccc1. The Morgan fingerprint density at radius 3 is 2.62 bits per heavy atom. The maximum absolute atomic E-state index is 11.9. The van der Waals surface area contributed by atoms with Gasteiger partial charge in [-0.3, -0.25) is 4.79 Å². The van der Waals surface area contributed by atoms with Crippen LogP contribution < -0.4 is 10.6 Å². The number of carboxylic acid groups (broad SMARTS) is 1. The van der Waals surface area contributed by atoms with Gasteiger partial charge in [0.15, 0.2) is 0 Å². The highest BCUT2D eigenvalue weighted by molar-refractivity contribution is 5.74. The van der Waals surface area contributed by atoms with Crippen LogP contribution in [0.4, 0.5) is 4.79 Å². The Morgan fingerprint density at radius 1 is 1.29 bits per heavy atom. The Balaban J connectivity index is 1.69. The largest absolute Gasteiger partial charge is 0.481 e. The number of benzene rings is 1. The van der Waals surface area contributed by atoms with Gasteiger partial charge in [-0.15, -0.1) is 0 Å². The fourth-order valence-electron chi connectivity index (χ4n) is 2.84. The number of carboxylic acids is 1. The highest BCUT2D eigenvalue weighted by Crippen LogP contribution is 2.43. The maximum atomic E-state index is 11.9. The van der Waals surface area contributed by atoms with E-state index in [9.17, 15) is 9.59 Å². The van der Waals surface area contributed by atoms with Crippen molar-refractivity contribution in [3.8, 4) is 0 Å². The monoisotopic (exact) mass is 334 g/mol. The second kappa shape index (κ2) is 8.15. The van der Waals surface area contributed by atoms with E-state index in [1.54, 1.807) is 0 Å². The number of amides is 2. The molecule has 0 heterocycles. The van der Waals surface area contributed by atoms with E-state index in [1.807, 2.05) is 30.3 Å². The topological polar surface area (TPSA) is 87.7 Å². The molecule has 0 radical (unpaired) electrons. The van der Waals surface area contributed by atoms with Gasteiger partial charge >= 0.3 is 12.0 Å². The van der Waals surface area contributed by atoms with Gasteiger partial charge in [0.05, 0.1) is 12.7 Å². The lowest BCUT2D eigenvalue weighted by atomic mass is 9.64. The summed E-state index contributed by atoms with van der Waals surface area (Å²) in [6.45, 7) is 5.10. The molecule has 1 fully saturated rings. The van der Waals surface area contributed by atoms with Crippen molar-refractivity contribution in [2.75, 3.05) is 6.54 Å². The summed E-state index contributed by atoms with van der Waals surface area (Å²) in [6.07, 6.45) is 1.38. The fourth-order valence-corrected chi connectivity index (χ4v) is 2.84. The number of carbonyl (C=O) groups is 2. The van der Waals surface area contributed by atoms with Crippen molar-refractivity contribution in [2.45, 2.75) is 51.9 Å². The molecule has 0 saturated heterocycles. The van der Waals surface area contributed by atoms with E-state index in [-0.39, 0.29) is 30.0 Å². The van der Waals surface area contributed by atoms with E-state index in [2.05, 4.69) is 24.5 Å². The molecule has 1 aromatic carbocycles. The van der Waals surface area contributed by atoms with E-state index in [0.29, 0.717) is 19.6 Å². The molecule has 1 aliphatic carbocycles. The predicted octanol–water partition coefficient (Wildman–Crippen LogP) is 2.53. The van der Waals surface area contributed by atoms with Crippen molar-refractivity contribution in [1.82, 2.24) is 10.6 Å².